The number of hydrogen-bond donors (Lipinski definition) is 2. The molecule has 4 rings (SSSR count). The van der Waals surface area contributed by atoms with Crippen molar-refractivity contribution in [2.45, 2.75) is 24.5 Å². The molecule has 0 spiro atoms. The molecule has 0 radical (unpaired) electrons. The van der Waals surface area contributed by atoms with E-state index in [2.05, 4.69) is 9.97 Å². The zero-order valence-corrected chi connectivity index (χ0v) is 10.7. The van der Waals surface area contributed by atoms with Gasteiger partial charge in [0.1, 0.15) is 23.9 Å². The van der Waals surface area contributed by atoms with Gasteiger partial charge in [0.25, 0.3) is 0 Å². The van der Waals surface area contributed by atoms with Crippen LogP contribution < -0.4 is 5.73 Å². The first-order valence-electron chi connectivity index (χ1n) is 6.39. The number of nitrogen functional groups attached to an aromatic ring is 1. The molecule has 0 amide bonds. The molecule has 4 heterocycles. The SMILES string of the molecule is Nc1ncnc2c1ccn2[C@@H]1O[C@H](CO)[C@H]2OC(=O)O[C@H]21. The van der Waals surface area contributed by atoms with E-state index in [1.165, 1.54) is 6.33 Å². The van der Waals surface area contributed by atoms with E-state index >= 15 is 0 Å². The highest BCUT2D eigenvalue weighted by molar-refractivity contribution is 5.86. The van der Waals surface area contributed by atoms with Crippen LogP contribution in [0, 0.1) is 0 Å². The van der Waals surface area contributed by atoms with Gasteiger partial charge in [-0.1, -0.05) is 0 Å². The third-order valence-electron chi connectivity index (χ3n) is 3.74. The predicted molar refractivity (Wildman–Crippen MR) is 68.1 cm³/mol. The molecule has 0 saturated carbocycles. The van der Waals surface area contributed by atoms with E-state index in [9.17, 15) is 9.90 Å². The van der Waals surface area contributed by atoms with E-state index in [0.717, 1.165) is 0 Å². The summed E-state index contributed by atoms with van der Waals surface area (Å²) in [4.78, 5) is 19.4. The molecule has 9 nitrogen and oxygen atoms in total. The number of aliphatic hydroxyl groups excluding tert-OH is 1. The molecule has 2 saturated heterocycles. The molecule has 4 atom stereocenters. The molecule has 2 aromatic heterocycles. The molecule has 21 heavy (non-hydrogen) atoms. The first-order chi connectivity index (χ1) is 10.2. The summed E-state index contributed by atoms with van der Waals surface area (Å²) in [5.41, 5.74) is 6.36. The van der Waals surface area contributed by atoms with Crippen LogP contribution in [0.2, 0.25) is 0 Å². The van der Waals surface area contributed by atoms with Crippen molar-refractivity contribution in [1.29, 1.82) is 0 Å². The molecule has 110 valence electrons. The fourth-order valence-electron chi connectivity index (χ4n) is 2.79. The number of hydrogen-bond acceptors (Lipinski definition) is 8. The van der Waals surface area contributed by atoms with Gasteiger partial charge in [-0.25, -0.2) is 14.8 Å². The number of aromatic nitrogens is 3. The Hall–Kier alpha value is -2.39. The van der Waals surface area contributed by atoms with Crippen molar-refractivity contribution in [2.24, 2.45) is 0 Å². The molecule has 0 aliphatic carbocycles. The molecular weight excluding hydrogens is 280 g/mol. The third kappa shape index (κ3) is 1.68. The van der Waals surface area contributed by atoms with Crippen molar-refractivity contribution in [2.75, 3.05) is 12.3 Å². The normalized spacial score (nSPS) is 31.2. The summed E-state index contributed by atoms with van der Waals surface area (Å²) < 4.78 is 17.6. The second kappa shape index (κ2) is 4.30. The lowest BCUT2D eigenvalue weighted by Gasteiger charge is -2.17. The monoisotopic (exact) mass is 292 g/mol. The topological polar surface area (TPSA) is 122 Å². The average molecular weight is 292 g/mol. The Morgan fingerprint density at radius 3 is 2.95 bits per heavy atom. The minimum atomic E-state index is -0.762. The molecule has 2 aromatic rings. The van der Waals surface area contributed by atoms with Crippen LogP contribution in [0.4, 0.5) is 10.6 Å². The van der Waals surface area contributed by atoms with Crippen molar-refractivity contribution in [1.82, 2.24) is 14.5 Å². The predicted octanol–water partition coefficient (Wildman–Crippen LogP) is -0.193. The Kier molecular flexibility index (Phi) is 2.53. The number of fused-ring (bicyclic) bond motifs is 2. The van der Waals surface area contributed by atoms with Crippen LogP contribution in [0.3, 0.4) is 0 Å². The average Bonchev–Trinajstić information content (AvgIpc) is 3.12. The van der Waals surface area contributed by atoms with Crippen LogP contribution in [0.5, 0.6) is 0 Å². The zero-order valence-electron chi connectivity index (χ0n) is 10.7. The van der Waals surface area contributed by atoms with Gasteiger partial charge in [0.05, 0.1) is 12.0 Å². The van der Waals surface area contributed by atoms with E-state index in [-0.39, 0.29) is 6.61 Å². The second-order valence-electron chi connectivity index (χ2n) is 4.88. The standard InChI is InChI=1S/C12H12N4O5/c13-9-5-1-2-16(10(5)15-4-14-9)11-8-7(6(3-17)19-11)20-12(18)21-8/h1-2,4,6-8,11,17H,3H2,(H2,13,14,15)/t6-,7-,8-,11-/m1/s1. The summed E-state index contributed by atoms with van der Waals surface area (Å²) in [6.07, 6.45) is -0.230. The van der Waals surface area contributed by atoms with E-state index in [0.29, 0.717) is 16.9 Å². The summed E-state index contributed by atoms with van der Waals surface area (Å²) in [6, 6.07) is 1.76. The number of nitrogens with zero attached hydrogens (tertiary/aromatic N) is 3. The van der Waals surface area contributed by atoms with Crippen molar-refractivity contribution >= 4 is 23.0 Å². The summed E-state index contributed by atoms with van der Waals surface area (Å²) in [5.74, 6) is 0.353. The Morgan fingerprint density at radius 1 is 1.33 bits per heavy atom. The lowest BCUT2D eigenvalue weighted by Crippen LogP contribution is -2.30. The van der Waals surface area contributed by atoms with Gasteiger partial charge in [-0.3, -0.25) is 0 Å². The summed E-state index contributed by atoms with van der Waals surface area (Å²) >= 11 is 0. The van der Waals surface area contributed by atoms with Crippen LogP contribution in [0.15, 0.2) is 18.6 Å². The van der Waals surface area contributed by atoms with Crippen LogP contribution in [-0.4, -0.2) is 50.7 Å². The van der Waals surface area contributed by atoms with Gasteiger partial charge in [-0.05, 0) is 6.07 Å². The number of ether oxygens (including phenoxy) is 3. The molecule has 0 unspecified atom stereocenters. The fraction of sp³-hybridized carbons (Fsp3) is 0.417. The Balaban J connectivity index is 1.78. The van der Waals surface area contributed by atoms with E-state index in [4.69, 9.17) is 19.9 Å². The summed E-state index contributed by atoms with van der Waals surface area (Å²) in [6.45, 7) is -0.273. The molecule has 2 aliphatic rings. The molecule has 0 aromatic carbocycles. The summed E-state index contributed by atoms with van der Waals surface area (Å²) in [5, 5.41) is 10.0. The highest BCUT2D eigenvalue weighted by atomic mass is 16.8. The van der Waals surface area contributed by atoms with Gasteiger partial charge in [-0.2, -0.15) is 0 Å². The molecule has 3 N–H and O–H groups in total. The van der Waals surface area contributed by atoms with Crippen molar-refractivity contribution < 1.29 is 24.1 Å². The van der Waals surface area contributed by atoms with Gasteiger partial charge in [0.2, 0.25) is 0 Å². The van der Waals surface area contributed by atoms with Crippen molar-refractivity contribution in [3.05, 3.63) is 18.6 Å². The number of carbonyl (C=O) groups is 1. The highest BCUT2D eigenvalue weighted by Gasteiger charge is 2.54. The quantitative estimate of drug-likeness (QED) is 0.730. The fourth-order valence-corrected chi connectivity index (χ4v) is 2.79. The maximum absolute atomic E-state index is 11.3. The highest BCUT2D eigenvalue weighted by Crippen LogP contribution is 2.39. The maximum Gasteiger partial charge on any atom is 0.509 e. The van der Waals surface area contributed by atoms with Crippen LogP contribution in [-0.2, 0) is 14.2 Å². The lowest BCUT2D eigenvalue weighted by atomic mass is 10.1. The van der Waals surface area contributed by atoms with Crippen LogP contribution in [0.1, 0.15) is 6.23 Å². The van der Waals surface area contributed by atoms with Gasteiger partial charge in [-0.15, -0.1) is 0 Å². The van der Waals surface area contributed by atoms with Gasteiger partial charge >= 0.3 is 6.16 Å². The first kappa shape index (κ1) is 12.4. The van der Waals surface area contributed by atoms with Crippen LogP contribution in [0.25, 0.3) is 11.0 Å². The minimum absolute atomic E-state index is 0.273. The number of carbonyl (C=O) groups excluding carboxylic acids is 1. The minimum Gasteiger partial charge on any atom is -0.424 e. The van der Waals surface area contributed by atoms with Gasteiger partial charge in [0, 0.05) is 6.20 Å². The zero-order chi connectivity index (χ0) is 14.6. The molecular formula is C12H12N4O5. The Bertz CT molecular complexity index is 717. The Morgan fingerprint density at radius 2 is 2.14 bits per heavy atom. The van der Waals surface area contributed by atoms with E-state index < -0.39 is 30.7 Å². The van der Waals surface area contributed by atoms with Gasteiger partial charge < -0.3 is 29.6 Å². The van der Waals surface area contributed by atoms with Crippen molar-refractivity contribution in [3.8, 4) is 0 Å². The molecule has 2 aliphatic heterocycles. The van der Waals surface area contributed by atoms with Gasteiger partial charge in [0.15, 0.2) is 18.4 Å². The Labute approximate surface area is 118 Å². The number of aliphatic hydroxyl groups is 1. The third-order valence-corrected chi connectivity index (χ3v) is 3.74. The van der Waals surface area contributed by atoms with E-state index in [1.807, 2.05) is 0 Å². The summed E-state index contributed by atoms with van der Waals surface area (Å²) in [7, 11) is 0. The number of rotatable bonds is 2. The van der Waals surface area contributed by atoms with Crippen molar-refractivity contribution in [3.63, 3.8) is 0 Å². The number of anilines is 1. The smallest absolute Gasteiger partial charge is 0.424 e. The molecule has 2 fully saturated rings. The lowest BCUT2D eigenvalue weighted by molar-refractivity contribution is -0.0702. The number of nitrogens with two attached hydrogens (primary N) is 1. The largest absolute Gasteiger partial charge is 0.509 e. The second-order valence-corrected chi connectivity index (χ2v) is 4.88. The molecule has 9 heteroatoms. The molecule has 0 bridgehead atoms. The van der Waals surface area contributed by atoms with E-state index in [1.54, 1.807) is 16.8 Å². The van der Waals surface area contributed by atoms with Crippen LogP contribution >= 0.6 is 0 Å². The first-order valence-corrected chi connectivity index (χ1v) is 6.39. The maximum atomic E-state index is 11.3.